The molecule has 1 aliphatic carbocycles. The summed E-state index contributed by atoms with van der Waals surface area (Å²) in [5.41, 5.74) is 0.146. The first-order chi connectivity index (χ1) is 9.81. The average molecular weight is 280 g/mol. The molecule has 1 aromatic rings. The van der Waals surface area contributed by atoms with Crippen molar-refractivity contribution in [3.05, 3.63) is 5.89 Å². The van der Waals surface area contributed by atoms with Crippen molar-refractivity contribution in [2.24, 2.45) is 0 Å². The molecule has 2 heterocycles. The minimum Gasteiger partial charge on any atom is -0.378 e. The van der Waals surface area contributed by atoms with Crippen LogP contribution in [0.5, 0.6) is 0 Å². The van der Waals surface area contributed by atoms with Crippen LogP contribution < -0.4 is 10.2 Å². The van der Waals surface area contributed by atoms with E-state index < -0.39 is 0 Å². The highest BCUT2D eigenvalue weighted by Gasteiger charge is 2.32. The predicted molar refractivity (Wildman–Crippen MR) is 75.9 cm³/mol. The van der Waals surface area contributed by atoms with Gasteiger partial charge in [0.2, 0.25) is 5.89 Å². The summed E-state index contributed by atoms with van der Waals surface area (Å²) in [6.45, 7) is 3.17. The molecule has 1 N–H and O–H groups in total. The lowest BCUT2D eigenvalue weighted by Crippen LogP contribution is -2.46. The summed E-state index contributed by atoms with van der Waals surface area (Å²) in [6, 6.07) is 0. The number of hydrogen-bond donors (Lipinski definition) is 1. The third-order valence-corrected chi connectivity index (χ3v) is 4.58. The third kappa shape index (κ3) is 2.96. The molecule has 2 aliphatic rings. The Morgan fingerprint density at radius 2 is 1.95 bits per heavy atom. The lowest BCUT2D eigenvalue weighted by Gasteiger charge is -2.36. The largest absolute Gasteiger partial charge is 0.378 e. The Kier molecular flexibility index (Phi) is 4.21. The second kappa shape index (κ2) is 6.10. The van der Waals surface area contributed by atoms with Crippen LogP contribution in [0.1, 0.15) is 38.0 Å². The van der Waals surface area contributed by atoms with Crippen LogP contribution in [0.15, 0.2) is 4.52 Å². The van der Waals surface area contributed by atoms with Gasteiger partial charge >= 0.3 is 0 Å². The molecule has 3 rings (SSSR count). The molecular formula is C14H24N4O2. The quantitative estimate of drug-likeness (QED) is 0.899. The molecular weight excluding hydrogens is 256 g/mol. The second-order valence-corrected chi connectivity index (χ2v) is 5.86. The van der Waals surface area contributed by atoms with Crippen molar-refractivity contribution in [3.63, 3.8) is 0 Å². The summed E-state index contributed by atoms with van der Waals surface area (Å²) < 4.78 is 10.8. The number of morpholine rings is 1. The molecule has 0 unspecified atom stereocenters. The maximum absolute atomic E-state index is 5.46. The Bertz CT molecular complexity index is 423. The fourth-order valence-corrected chi connectivity index (χ4v) is 3.24. The Morgan fingerprint density at radius 1 is 1.20 bits per heavy atom. The van der Waals surface area contributed by atoms with Crippen LogP contribution in [0.25, 0.3) is 0 Å². The van der Waals surface area contributed by atoms with Gasteiger partial charge < -0.3 is 19.5 Å². The van der Waals surface area contributed by atoms with Crippen molar-refractivity contribution >= 4 is 5.95 Å². The minimum atomic E-state index is 0.146. The molecule has 1 aliphatic heterocycles. The summed E-state index contributed by atoms with van der Waals surface area (Å²) in [7, 11) is 2.05. The first-order valence-corrected chi connectivity index (χ1v) is 7.66. The predicted octanol–water partition coefficient (Wildman–Crippen LogP) is 1.37. The van der Waals surface area contributed by atoms with Gasteiger partial charge in [-0.3, -0.25) is 0 Å². The number of likely N-dealkylation sites (N-methyl/N-ethyl adjacent to an activating group) is 1. The van der Waals surface area contributed by atoms with E-state index >= 15 is 0 Å². The van der Waals surface area contributed by atoms with Crippen LogP contribution in [-0.2, 0) is 11.2 Å². The molecule has 0 radical (unpaired) electrons. The van der Waals surface area contributed by atoms with Gasteiger partial charge in [-0.15, -0.1) is 0 Å². The summed E-state index contributed by atoms with van der Waals surface area (Å²) in [5.74, 6) is 1.47. The van der Waals surface area contributed by atoms with E-state index in [1.807, 2.05) is 7.05 Å². The zero-order valence-electron chi connectivity index (χ0n) is 12.2. The molecule has 1 saturated heterocycles. The molecule has 0 amide bonds. The van der Waals surface area contributed by atoms with Crippen molar-refractivity contribution < 1.29 is 9.26 Å². The highest BCUT2D eigenvalue weighted by Crippen LogP contribution is 2.31. The normalized spacial score (nSPS) is 22.9. The van der Waals surface area contributed by atoms with Gasteiger partial charge in [0.15, 0.2) is 0 Å². The van der Waals surface area contributed by atoms with E-state index in [1.165, 1.54) is 32.1 Å². The fraction of sp³-hybridized carbons (Fsp3) is 0.857. The third-order valence-electron chi connectivity index (χ3n) is 4.58. The van der Waals surface area contributed by atoms with Crippen molar-refractivity contribution in [3.8, 4) is 0 Å². The topological polar surface area (TPSA) is 63.4 Å². The van der Waals surface area contributed by atoms with Crippen LogP contribution >= 0.6 is 0 Å². The van der Waals surface area contributed by atoms with Gasteiger partial charge in [-0.25, -0.2) is 0 Å². The lowest BCUT2D eigenvalue weighted by atomic mass is 9.79. The first-order valence-electron chi connectivity index (χ1n) is 7.66. The van der Waals surface area contributed by atoms with E-state index in [2.05, 4.69) is 20.4 Å². The molecule has 2 fully saturated rings. The number of nitrogens with zero attached hydrogens (tertiary/aromatic N) is 3. The lowest BCUT2D eigenvalue weighted by molar-refractivity contribution is 0.121. The molecule has 6 heteroatoms. The maximum atomic E-state index is 5.46. The van der Waals surface area contributed by atoms with Gasteiger partial charge in [0.05, 0.1) is 13.2 Å². The molecule has 0 bridgehead atoms. The van der Waals surface area contributed by atoms with Gasteiger partial charge in [0.25, 0.3) is 5.95 Å². The van der Waals surface area contributed by atoms with Crippen LogP contribution in [0.4, 0.5) is 5.95 Å². The van der Waals surface area contributed by atoms with Crippen LogP contribution in [-0.4, -0.2) is 49.0 Å². The molecule has 0 spiro atoms. The van der Waals surface area contributed by atoms with E-state index in [4.69, 9.17) is 9.26 Å². The van der Waals surface area contributed by atoms with E-state index in [1.54, 1.807) is 0 Å². The van der Waals surface area contributed by atoms with Crippen LogP contribution in [0.2, 0.25) is 0 Å². The summed E-state index contributed by atoms with van der Waals surface area (Å²) in [6.07, 6.45) is 7.13. The van der Waals surface area contributed by atoms with E-state index in [9.17, 15) is 0 Å². The zero-order chi connectivity index (χ0) is 13.8. The smallest absolute Gasteiger partial charge is 0.266 e. The molecule has 20 heavy (non-hydrogen) atoms. The summed E-state index contributed by atoms with van der Waals surface area (Å²) >= 11 is 0. The van der Waals surface area contributed by atoms with Crippen molar-refractivity contribution in [2.75, 3.05) is 38.3 Å². The Labute approximate surface area is 119 Å². The van der Waals surface area contributed by atoms with Gasteiger partial charge in [-0.2, -0.15) is 4.98 Å². The Morgan fingerprint density at radius 3 is 2.65 bits per heavy atom. The molecule has 1 saturated carbocycles. The van der Waals surface area contributed by atoms with Gasteiger partial charge in [0, 0.05) is 25.0 Å². The molecule has 6 nitrogen and oxygen atoms in total. The van der Waals surface area contributed by atoms with Gasteiger partial charge in [-0.1, -0.05) is 19.3 Å². The molecule has 1 aromatic heterocycles. The number of nitrogens with one attached hydrogen (secondary N) is 1. The van der Waals surface area contributed by atoms with Crippen LogP contribution in [0, 0.1) is 0 Å². The second-order valence-electron chi connectivity index (χ2n) is 5.86. The molecule has 112 valence electrons. The fourth-order valence-electron chi connectivity index (χ4n) is 3.24. The first kappa shape index (κ1) is 13.8. The maximum Gasteiger partial charge on any atom is 0.266 e. The number of ether oxygens (including phenoxy) is 1. The Hall–Kier alpha value is -1.14. The van der Waals surface area contributed by atoms with Crippen molar-refractivity contribution in [1.82, 2.24) is 15.5 Å². The van der Waals surface area contributed by atoms with E-state index in [-0.39, 0.29) is 5.54 Å². The Balaban J connectivity index is 1.66. The van der Waals surface area contributed by atoms with Crippen molar-refractivity contribution in [2.45, 2.75) is 44.1 Å². The van der Waals surface area contributed by atoms with Gasteiger partial charge in [-0.05, 0) is 25.0 Å². The molecule has 0 atom stereocenters. The minimum absolute atomic E-state index is 0.146. The van der Waals surface area contributed by atoms with Gasteiger partial charge in [0.1, 0.15) is 0 Å². The standard InChI is InChI=1S/C14H24N4O2/c1-15-14(5-3-2-4-6-14)11-12-16-13(17-20-12)18-7-9-19-10-8-18/h15H,2-11H2,1H3. The summed E-state index contributed by atoms with van der Waals surface area (Å²) in [5, 5.41) is 7.62. The number of aromatic nitrogens is 2. The number of rotatable bonds is 4. The monoisotopic (exact) mass is 280 g/mol. The SMILES string of the molecule is CNC1(Cc2nc(N3CCOCC3)no2)CCCCC1. The highest BCUT2D eigenvalue weighted by molar-refractivity contribution is 5.28. The zero-order valence-corrected chi connectivity index (χ0v) is 12.2. The number of hydrogen-bond acceptors (Lipinski definition) is 6. The van der Waals surface area contributed by atoms with E-state index in [0.29, 0.717) is 5.95 Å². The van der Waals surface area contributed by atoms with Crippen LogP contribution in [0.3, 0.4) is 0 Å². The highest BCUT2D eigenvalue weighted by atomic mass is 16.5. The number of anilines is 1. The van der Waals surface area contributed by atoms with E-state index in [0.717, 1.165) is 38.6 Å². The average Bonchev–Trinajstić information content (AvgIpc) is 2.97. The molecule has 0 aromatic carbocycles. The summed E-state index contributed by atoms with van der Waals surface area (Å²) in [4.78, 5) is 6.70. The van der Waals surface area contributed by atoms with Crippen molar-refractivity contribution in [1.29, 1.82) is 0 Å².